The fourth-order valence-corrected chi connectivity index (χ4v) is 7.72. The molecule has 8 rings (SSSR count). The van der Waals surface area contributed by atoms with Gasteiger partial charge in [-0.05, 0) is 58.3 Å². The zero-order valence-electron chi connectivity index (χ0n) is 27.1. The maximum absolute atomic E-state index is 13.3. The molecule has 0 radical (unpaired) electrons. The van der Waals surface area contributed by atoms with Crippen molar-refractivity contribution in [2.75, 3.05) is 27.3 Å². The number of benzene rings is 2. The summed E-state index contributed by atoms with van der Waals surface area (Å²) >= 11 is 0. The van der Waals surface area contributed by atoms with Crippen molar-refractivity contribution in [3.8, 4) is 22.6 Å². The van der Waals surface area contributed by atoms with E-state index in [-0.39, 0.29) is 29.7 Å². The zero-order chi connectivity index (χ0) is 33.3. The minimum atomic E-state index is -0.602. The predicted octanol–water partition coefficient (Wildman–Crippen LogP) is 2.58. The van der Waals surface area contributed by atoms with Crippen molar-refractivity contribution in [2.24, 2.45) is 7.05 Å². The lowest BCUT2D eigenvalue weighted by atomic mass is 9.98. The van der Waals surface area contributed by atoms with Crippen LogP contribution in [0, 0.1) is 0 Å². The van der Waals surface area contributed by atoms with Crippen LogP contribution in [0.5, 0.6) is 11.5 Å². The van der Waals surface area contributed by atoms with Gasteiger partial charge in [0.1, 0.15) is 17.5 Å². The normalized spacial score (nSPS) is 19.8. The molecule has 1 N–H and O–H groups in total. The van der Waals surface area contributed by atoms with Gasteiger partial charge in [-0.15, -0.1) is 0 Å². The molecule has 12 nitrogen and oxygen atoms in total. The number of ether oxygens (including phenoxy) is 2. The number of rotatable bonds is 7. The van der Waals surface area contributed by atoms with Crippen LogP contribution in [0.15, 0.2) is 53.7 Å². The van der Waals surface area contributed by atoms with E-state index in [1.807, 2.05) is 30.5 Å². The van der Waals surface area contributed by atoms with Crippen LogP contribution in [-0.2, 0) is 42.8 Å². The molecule has 3 amide bonds. The summed E-state index contributed by atoms with van der Waals surface area (Å²) in [7, 11) is 5.07. The van der Waals surface area contributed by atoms with Crippen molar-refractivity contribution < 1.29 is 23.9 Å². The first-order valence-electron chi connectivity index (χ1n) is 16.2. The van der Waals surface area contributed by atoms with Gasteiger partial charge in [-0.1, -0.05) is 6.07 Å². The number of methoxy groups -OCH3 is 2. The Hall–Kier alpha value is -5.07. The zero-order valence-corrected chi connectivity index (χ0v) is 27.1. The molecular formula is C36H36N6O6. The molecule has 0 saturated carbocycles. The second kappa shape index (κ2) is 11.6. The number of aryl methyl sites for hydroxylation is 1. The summed E-state index contributed by atoms with van der Waals surface area (Å²) < 4.78 is 13.4. The van der Waals surface area contributed by atoms with Gasteiger partial charge >= 0.3 is 0 Å². The molecule has 1 unspecified atom stereocenters. The molecule has 6 heterocycles. The molecule has 0 spiro atoms. The summed E-state index contributed by atoms with van der Waals surface area (Å²) in [5.41, 5.74) is 6.66. The first kappa shape index (κ1) is 30.3. The van der Waals surface area contributed by atoms with Crippen molar-refractivity contribution in [2.45, 2.75) is 51.1 Å². The van der Waals surface area contributed by atoms with E-state index in [2.05, 4.69) is 26.2 Å². The summed E-state index contributed by atoms with van der Waals surface area (Å²) in [6.07, 6.45) is 5.75. The van der Waals surface area contributed by atoms with Gasteiger partial charge in [0.2, 0.25) is 11.8 Å². The fraction of sp³-hybridized carbons (Fsp3) is 0.361. The molecule has 12 heteroatoms. The van der Waals surface area contributed by atoms with Crippen LogP contribution >= 0.6 is 0 Å². The average Bonchev–Trinajstić information content (AvgIpc) is 3.62. The van der Waals surface area contributed by atoms with E-state index in [1.165, 1.54) is 5.56 Å². The Morgan fingerprint density at radius 1 is 0.896 bits per heavy atom. The van der Waals surface area contributed by atoms with Crippen molar-refractivity contribution in [3.63, 3.8) is 0 Å². The standard InChI is InChI=1S/C36H36N6O6/c1-39-18-28(25-6-7-37-12-27(25)35(39)45)20-10-31(47-2)29(32(11-20)48-3)19-40-16-24(17-40)41-13-21-8-23-15-42(30-4-5-33(43)38-34(30)44)36(46)26(23)9-22(21)14-41/h6-12,18,24,30H,4-5,13-17,19H2,1-3H3,(H,38,43,44). The maximum Gasteiger partial charge on any atom is 0.259 e. The third-order valence-corrected chi connectivity index (χ3v) is 10.3. The minimum absolute atomic E-state index is 0.0974. The Kier molecular flexibility index (Phi) is 7.30. The van der Waals surface area contributed by atoms with Crippen molar-refractivity contribution in [3.05, 3.63) is 87.1 Å². The number of carbonyl (C=O) groups excluding carboxylic acids is 3. The second-order valence-electron chi connectivity index (χ2n) is 13.2. The van der Waals surface area contributed by atoms with Crippen molar-refractivity contribution in [1.82, 2.24) is 29.6 Å². The van der Waals surface area contributed by atoms with Crippen LogP contribution in [0.4, 0.5) is 0 Å². The van der Waals surface area contributed by atoms with E-state index in [4.69, 9.17) is 9.47 Å². The number of hydrogen-bond donors (Lipinski definition) is 1. The van der Waals surface area contributed by atoms with Gasteiger partial charge < -0.3 is 18.9 Å². The lowest BCUT2D eigenvalue weighted by molar-refractivity contribution is -0.136. The van der Waals surface area contributed by atoms with Gasteiger partial charge in [0, 0.05) is 88.5 Å². The second-order valence-corrected chi connectivity index (χ2v) is 13.2. The van der Waals surface area contributed by atoms with Crippen LogP contribution < -0.4 is 20.3 Å². The lowest BCUT2D eigenvalue weighted by Crippen LogP contribution is -2.57. The molecule has 2 fully saturated rings. The Bertz CT molecular complexity index is 2060. The number of nitrogens with one attached hydrogen (secondary N) is 1. The Morgan fingerprint density at radius 2 is 1.62 bits per heavy atom. The quantitative estimate of drug-likeness (QED) is 0.301. The highest BCUT2D eigenvalue weighted by Crippen LogP contribution is 2.40. The molecule has 48 heavy (non-hydrogen) atoms. The van der Waals surface area contributed by atoms with E-state index in [9.17, 15) is 19.2 Å². The van der Waals surface area contributed by atoms with E-state index >= 15 is 0 Å². The molecule has 4 aliphatic rings. The summed E-state index contributed by atoms with van der Waals surface area (Å²) in [5, 5.41) is 3.75. The number of likely N-dealkylation sites (tertiary alicyclic amines) is 1. The number of imide groups is 1. The monoisotopic (exact) mass is 648 g/mol. The van der Waals surface area contributed by atoms with E-state index in [0.717, 1.165) is 70.9 Å². The fourth-order valence-electron chi connectivity index (χ4n) is 7.72. The molecule has 0 bridgehead atoms. The van der Waals surface area contributed by atoms with Crippen molar-refractivity contribution in [1.29, 1.82) is 0 Å². The van der Waals surface area contributed by atoms with Crippen LogP contribution in [0.3, 0.4) is 0 Å². The SMILES string of the molecule is COc1cc(-c2cn(C)c(=O)c3cnccc23)cc(OC)c1CN1CC(N2Cc3cc4c(cc3C2)C(=O)N(C2CCC(=O)NC2=O)C4)C1. The molecular weight excluding hydrogens is 612 g/mol. The predicted molar refractivity (Wildman–Crippen MR) is 176 cm³/mol. The largest absolute Gasteiger partial charge is 0.496 e. The summed E-state index contributed by atoms with van der Waals surface area (Å²) in [5.74, 6) is 0.648. The number of piperidine rings is 1. The van der Waals surface area contributed by atoms with Crippen LogP contribution in [-0.4, -0.2) is 81.4 Å². The first-order chi connectivity index (χ1) is 23.2. The number of nitrogens with zero attached hydrogens (tertiary/aromatic N) is 5. The third-order valence-electron chi connectivity index (χ3n) is 10.3. The minimum Gasteiger partial charge on any atom is -0.496 e. The number of fused-ring (bicyclic) bond motifs is 3. The number of pyridine rings is 2. The Balaban J connectivity index is 0.952. The van der Waals surface area contributed by atoms with Gasteiger partial charge in [-0.3, -0.25) is 39.3 Å². The van der Waals surface area contributed by atoms with Gasteiger partial charge in [0.05, 0.1) is 25.2 Å². The van der Waals surface area contributed by atoms with E-state index in [1.54, 1.807) is 43.1 Å². The lowest BCUT2D eigenvalue weighted by Gasteiger charge is -2.44. The smallest absolute Gasteiger partial charge is 0.259 e. The Morgan fingerprint density at radius 3 is 2.33 bits per heavy atom. The molecule has 246 valence electrons. The molecule has 2 saturated heterocycles. The molecule has 4 aromatic rings. The van der Waals surface area contributed by atoms with Crippen LogP contribution in [0.2, 0.25) is 0 Å². The number of aromatic nitrogens is 2. The average molecular weight is 649 g/mol. The third kappa shape index (κ3) is 4.94. The number of amides is 3. The highest BCUT2D eigenvalue weighted by atomic mass is 16.5. The van der Waals surface area contributed by atoms with Gasteiger partial charge in [-0.2, -0.15) is 0 Å². The van der Waals surface area contributed by atoms with Crippen molar-refractivity contribution >= 4 is 28.5 Å². The highest BCUT2D eigenvalue weighted by Gasteiger charge is 2.41. The summed E-state index contributed by atoms with van der Waals surface area (Å²) in [6, 6.07) is 9.79. The van der Waals surface area contributed by atoms with Gasteiger partial charge in [0.15, 0.2) is 0 Å². The maximum atomic E-state index is 13.3. The summed E-state index contributed by atoms with van der Waals surface area (Å²) in [4.78, 5) is 60.7. The van der Waals surface area contributed by atoms with Crippen LogP contribution in [0.25, 0.3) is 21.9 Å². The molecule has 0 aliphatic carbocycles. The van der Waals surface area contributed by atoms with E-state index < -0.39 is 6.04 Å². The van der Waals surface area contributed by atoms with Gasteiger partial charge in [-0.25, -0.2) is 0 Å². The number of carbonyl (C=O) groups is 3. The molecule has 2 aromatic heterocycles. The number of hydrogen-bond acceptors (Lipinski definition) is 9. The summed E-state index contributed by atoms with van der Waals surface area (Å²) in [6.45, 7) is 4.43. The van der Waals surface area contributed by atoms with Crippen LogP contribution in [0.1, 0.15) is 45.5 Å². The highest BCUT2D eigenvalue weighted by molar-refractivity contribution is 6.05. The van der Waals surface area contributed by atoms with E-state index in [0.29, 0.717) is 36.5 Å². The topological polar surface area (TPSA) is 126 Å². The van der Waals surface area contributed by atoms with Gasteiger partial charge in [0.25, 0.3) is 11.5 Å². The Labute approximate surface area is 276 Å². The first-order valence-corrected chi connectivity index (χ1v) is 16.2. The molecule has 4 aliphatic heterocycles. The molecule has 1 atom stereocenters. The molecule has 2 aromatic carbocycles.